The maximum atomic E-state index is 12.2. The number of non-ortho nitro benzene ring substituents is 1. The molecule has 0 heterocycles. The van der Waals surface area contributed by atoms with Crippen LogP contribution in [0.2, 0.25) is 5.02 Å². The van der Waals surface area contributed by atoms with E-state index in [1.165, 1.54) is 18.2 Å². The van der Waals surface area contributed by atoms with Crippen molar-refractivity contribution in [2.45, 2.75) is 26.8 Å². The normalized spacial score (nSPS) is 12.2. The van der Waals surface area contributed by atoms with E-state index >= 15 is 0 Å². The van der Waals surface area contributed by atoms with Crippen LogP contribution in [0.15, 0.2) is 18.2 Å². The smallest absolute Gasteiger partial charge is 0.270 e. The molecule has 1 atom stereocenters. The largest absolute Gasteiger partial charge is 0.380 e. The third kappa shape index (κ3) is 4.99. The topological polar surface area (TPSA) is 81.5 Å². The highest BCUT2D eigenvalue weighted by atomic mass is 35.5. The summed E-state index contributed by atoms with van der Waals surface area (Å²) < 4.78 is 5.34. The summed E-state index contributed by atoms with van der Waals surface area (Å²) in [6, 6.07) is 3.63. The highest BCUT2D eigenvalue weighted by molar-refractivity contribution is 6.34. The molecule has 0 fully saturated rings. The Hall–Kier alpha value is -1.66. The van der Waals surface area contributed by atoms with Gasteiger partial charge in [0.05, 0.1) is 28.2 Å². The number of carbonyl (C=O) groups is 1. The van der Waals surface area contributed by atoms with Crippen LogP contribution in [0.3, 0.4) is 0 Å². The maximum Gasteiger partial charge on any atom is 0.270 e. The first kappa shape index (κ1) is 17.4. The fourth-order valence-electron chi connectivity index (χ4n) is 1.69. The van der Waals surface area contributed by atoms with Crippen molar-refractivity contribution < 1.29 is 14.5 Å². The summed E-state index contributed by atoms with van der Waals surface area (Å²) in [6.07, 6.45) is 0. The second kappa shape index (κ2) is 7.95. The van der Waals surface area contributed by atoms with Gasteiger partial charge in [-0.05, 0) is 18.9 Å². The van der Waals surface area contributed by atoms with E-state index < -0.39 is 4.92 Å². The van der Waals surface area contributed by atoms with Crippen molar-refractivity contribution in [1.82, 2.24) is 5.32 Å². The number of benzene rings is 1. The molecule has 0 aromatic heterocycles. The third-order valence-electron chi connectivity index (χ3n) is 3.03. The molecule has 0 bridgehead atoms. The van der Waals surface area contributed by atoms with Crippen molar-refractivity contribution in [2.75, 3.05) is 13.2 Å². The van der Waals surface area contributed by atoms with E-state index in [4.69, 9.17) is 16.3 Å². The highest BCUT2D eigenvalue weighted by Gasteiger charge is 2.20. The SMILES string of the molecule is CCOCC(NC(=O)c1ccc([N+](=O)[O-])cc1Cl)C(C)C. The molecule has 0 spiro atoms. The Labute approximate surface area is 128 Å². The summed E-state index contributed by atoms with van der Waals surface area (Å²) >= 11 is 5.94. The summed E-state index contributed by atoms with van der Waals surface area (Å²) in [6.45, 7) is 6.80. The second-order valence-corrected chi connectivity index (χ2v) is 5.31. The Morgan fingerprint density at radius 1 is 1.48 bits per heavy atom. The molecular formula is C14H19ClN2O4. The summed E-state index contributed by atoms with van der Waals surface area (Å²) in [5, 5.41) is 13.5. The second-order valence-electron chi connectivity index (χ2n) is 4.90. The number of nitro benzene ring substituents is 1. The van der Waals surface area contributed by atoms with Gasteiger partial charge < -0.3 is 10.1 Å². The number of rotatable bonds is 7. The number of nitrogens with zero attached hydrogens (tertiary/aromatic N) is 1. The lowest BCUT2D eigenvalue weighted by atomic mass is 10.0. The lowest BCUT2D eigenvalue weighted by Crippen LogP contribution is -2.42. The zero-order chi connectivity index (χ0) is 16.0. The predicted molar refractivity (Wildman–Crippen MR) is 80.7 cm³/mol. The summed E-state index contributed by atoms with van der Waals surface area (Å²) in [5.41, 5.74) is 0.0655. The van der Waals surface area contributed by atoms with Gasteiger partial charge in [-0.2, -0.15) is 0 Å². The number of halogens is 1. The van der Waals surface area contributed by atoms with E-state index in [0.717, 1.165) is 0 Å². The van der Waals surface area contributed by atoms with Crippen molar-refractivity contribution in [3.05, 3.63) is 38.9 Å². The number of nitro groups is 1. The molecule has 1 unspecified atom stereocenters. The van der Waals surface area contributed by atoms with Gasteiger partial charge in [0, 0.05) is 18.7 Å². The monoisotopic (exact) mass is 314 g/mol. The first-order valence-corrected chi connectivity index (χ1v) is 7.07. The Kier molecular flexibility index (Phi) is 6.58. The summed E-state index contributed by atoms with van der Waals surface area (Å²) in [4.78, 5) is 22.3. The predicted octanol–water partition coefficient (Wildman–Crippen LogP) is 3.04. The molecule has 0 aliphatic heterocycles. The van der Waals surface area contributed by atoms with Gasteiger partial charge in [0.15, 0.2) is 0 Å². The van der Waals surface area contributed by atoms with E-state index in [1.807, 2.05) is 20.8 Å². The molecule has 1 amide bonds. The molecule has 1 N–H and O–H groups in total. The Morgan fingerprint density at radius 3 is 2.62 bits per heavy atom. The molecule has 116 valence electrons. The Bertz CT molecular complexity index is 520. The lowest BCUT2D eigenvalue weighted by Gasteiger charge is -2.22. The average molecular weight is 315 g/mol. The fourth-order valence-corrected chi connectivity index (χ4v) is 1.95. The molecule has 21 heavy (non-hydrogen) atoms. The van der Waals surface area contributed by atoms with Gasteiger partial charge >= 0.3 is 0 Å². The van der Waals surface area contributed by atoms with Crippen molar-refractivity contribution >= 4 is 23.2 Å². The minimum absolute atomic E-state index is 0.0561. The van der Waals surface area contributed by atoms with Crippen LogP contribution >= 0.6 is 11.6 Å². The molecule has 0 saturated heterocycles. The minimum atomic E-state index is -0.556. The number of amides is 1. The Morgan fingerprint density at radius 2 is 2.14 bits per heavy atom. The molecule has 7 heteroatoms. The van der Waals surface area contributed by atoms with Crippen LogP contribution in [0, 0.1) is 16.0 Å². The zero-order valence-corrected chi connectivity index (χ0v) is 13.0. The van der Waals surface area contributed by atoms with E-state index in [-0.39, 0.29) is 34.1 Å². The van der Waals surface area contributed by atoms with Gasteiger partial charge in [0.1, 0.15) is 0 Å². The molecule has 1 rings (SSSR count). The molecule has 6 nitrogen and oxygen atoms in total. The van der Waals surface area contributed by atoms with E-state index in [1.54, 1.807) is 0 Å². The third-order valence-corrected chi connectivity index (χ3v) is 3.34. The number of nitrogens with one attached hydrogen (secondary N) is 1. The van der Waals surface area contributed by atoms with Crippen molar-refractivity contribution in [3.63, 3.8) is 0 Å². The lowest BCUT2D eigenvalue weighted by molar-refractivity contribution is -0.384. The fraction of sp³-hybridized carbons (Fsp3) is 0.500. The van der Waals surface area contributed by atoms with Crippen LogP contribution in [0.1, 0.15) is 31.1 Å². The number of ether oxygens (including phenoxy) is 1. The minimum Gasteiger partial charge on any atom is -0.380 e. The summed E-state index contributed by atoms with van der Waals surface area (Å²) in [5.74, 6) is -0.175. The van der Waals surface area contributed by atoms with E-state index in [9.17, 15) is 14.9 Å². The standard InChI is InChI=1S/C14H19ClN2O4/c1-4-21-8-13(9(2)3)16-14(18)11-6-5-10(17(19)20)7-12(11)15/h5-7,9,13H,4,8H2,1-3H3,(H,16,18). The van der Waals surface area contributed by atoms with Crippen LogP contribution < -0.4 is 5.32 Å². The zero-order valence-electron chi connectivity index (χ0n) is 12.3. The van der Waals surface area contributed by atoms with E-state index in [2.05, 4.69) is 5.32 Å². The quantitative estimate of drug-likeness (QED) is 0.619. The first-order chi connectivity index (χ1) is 9.86. The number of hydrogen-bond donors (Lipinski definition) is 1. The van der Waals surface area contributed by atoms with Crippen molar-refractivity contribution in [2.24, 2.45) is 5.92 Å². The molecular weight excluding hydrogens is 296 g/mol. The van der Waals surface area contributed by atoms with Crippen LogP contribution in [0.5, 0.6) is 0 Å². The van der Waals surface area contributed by atoms with Crippen LogP contribution in [-0.4, -0.2) is 30.1 Å². The van der Waals surface area contributed by atoms with Gasteiger partial charge in [-0.1, -0.05) is 25.4 Å². The van der Waals surface area contributed by atoms with Gasteiger partial charge in [-0.25, -0.2) is 0 Å². The first-order valence-electron chi connectivity index (χ1n) is 6.69. The van der Waals surface area contributed by atoms with Crippen LogP contribution in [-0.2, 0) is 4.74 Å². The average Bonchev–Trinajstić information content (AvgIpc) is 2.42. The molecule has 0 radical (unpaired) electrons. The number of hydrogen-bond acceptors (Lipinski definition) is 4. The molecule has 1 aromatic carbocycles. The number of carbonyl (C=O) groups excluding carboxylic acids is 1. The van der Waals surface area contributed by atoms with Gasteiger partial charge in [0.25, 0.3) is 11.6 Å². The summed E-state index contributed by atoms with van der Waals surface area (Å²) in [7, 11) is 0. The van der Waals surface area contributed by atoms with Crippen LogP contribution in [0.4, 0.5) is 5.69 Å². The molecule has 1 aromatic rings. The Balaban J connectivity index is 2.85. The van der Waals surface area contributed by atoms with E-state index in [0.29, 0.717) is 13.2 Å². The molecule has 0 aliphatic carbocycles. The van der Waals surface area contributed by atoms with Crippen molar-refractivity contribution in [1.29, 1.82) is 0 Å². The van der Waals surface area contributed by atoms with Gasteiger partial charge in [-0.15, -0.1) is 0 Å². The van der Waals surface area contributed by atoms with Crippen molar-refractivity contribution in [3.8, 4) is 0 Å². The van der Waals surface area contributed by atoms with Gasteiger partial charge in [0.2, 0.25) is 0 Å². The molecule has 0 aliphatic rings. The van der Waals surface area contributed by atoms with Crippen LogP contribution in [0.25, 0.3) is 0 Å². The van der Waals surface area contributed by atoms with Gasteiger partial charge in [-0.3, -0.25) is 14.9 Å². The molecule has 0 saturated carbocycles. The highest BCUT2D eigenvalue weighted by Crippen LogP contribution is 2.22. The maximum absolute atomic E-state index is 12.2.